The van der Waals surface area contributed by atoms with E-state index in [0.717, 1.165) is 52.0 Å². The number of amides is 2. The van der Waals surface area contributed by atoms with E-state index in [9.17, 15) is 9.59 Å². The summed E-state index contributed by atoms with van der Waals surface area (Å²) in [6.45, 7) is 4.47. The molecule has 2 aliphatic rings. The van der Waals surface area contributed by atoms with Crippen LogP contribution in [-0.4, -0.2) is 76.8 Å². The average molecular weight is 393 g/mol. The number of aromatic nitrogens is 1. The van der Waals surface area contributed by atoms with Gasteiger partial charge in [-0.1, -0.05) is 30.3 Å². The van der Waals surface area contributed by atoms with Crippen molar-refractivity contribution in [1.29, 1.82) is 0 Å². The Morgan fingerprint density at radius 2 is 1.79 bits per heavy atom. The van der Waals surface area contributed by atoms with Gasteiger partial charge in [0.2, 0.25) is 5.91 Å². The van der Waals surface area contributed by atoms with Crippen molar-refractivity contribution >= 4 is 11.8 Å². The first kappa shape index (κ1) is 19.6. The highest BCUT2D eigenvalue weighted by Crippen LogP contribution is 2.20. The second-order valence-corrected chi connectivity index (χ2v) is 7.85. The highest BCUT2D eigenvalue weighted by atomic mass is 16.2. The maximum absolute atomic E-state index is 12.6. The molecular formula is C23H28N4O2. The van der Waals surface area contributed by atoms with E-state index in [4.69, 9.17) is 0 Å². The molecule has 29 heavy (non-hydrogen) atoms. The Morgan fingerprint density at radius 1 is 1.00 bits per heavy atom. The van der Waals surface area contributed by atoms with E-state index in [2.05, 4.69) is 22.0 Å². The summed E-state index contributed by atoms with van der Waals surface area (Å²) < 4.78 is 0. The van der Waals surface area contributed by atoms with Gasteiger partial charge in [0.05, 0.1) is 12.1 Å². The van der Waals surface area contributed by atoms with E-state index >= 15 is 0 Å². The van der Waals surface area contributed by atoms with Crippen LogP contribution in [0.4, 0.5) is 0 Å². The zero-order valence-corrected chi connectivity index (χ0v) is 16.7. The van der Waals surface area contributed by atoms with Crippen molar-refractivity contribution in [3.63, 3.8) is 0 Å². The van der Waals surface area contributed by atoms with Gasteiger partial charge in [-0.2, -0.15) is 0 Å². The van der Waals surface area contributed by atoms with Gasteiger partial charge in [-0.15, -0.1) is 0 Å². The van der Waals surface area contributed by atoms with Crippen LogP contribution in [0.3, 0.4) is 0 Å². The summed E-state index contributed by atoms with van der Waals surface area (Å²) in [5, 5.41) is 0. The third-order valence-corrected chi connectivity index (χ3v) is 6.04. The molecule has 2 amide bonds. The highest BCUT2D eigenvalue weighted by molar-refractivity contribution is 5.93. The van der Waals surface area contributed by atoms with Gasteiger partial charge in [0.25, 0.3) is 5.91 Å². The van der Waals surface area contributed by atoms with Crippen molar-refractivity contribution in [1.82, 2.24) is 19.7 Å². The zero-order valence-electron chi connectivity index (χ0n) is 16.7. The molecule has 2 aliphatic heterocycles. The molecule has 2 saturated heterocycles. The SMILES string of the molecule is O=C1CN(C2CCN(C(=O)c3cccnc3)CC2)CCN1CCc1ccccc1. The van der Waals surface area contributed by atoms with Crippen LogP contribution in [0.2, 0.25) is 0 Å². The fourth-order valence-corrected chi connectivity index (χ4v) is 4.29. The highest BCUT2D eigenvalue weighted by Gasteiger charge is 2.32. The fourth-order valence-electron chi connectivity index (χ4n) is 4.29. The Labute approximate surface area is 172 Å². The van der Waals surface area contributed by atoms with Crippen LogP contribution >= 0.6 is 0 Å². The van der Waals surface area contributed by atoms with Gasteiger partial charge in [0.1, 0.15) is 0 Å². The molecule has 4 rings (SSSR count). The lowest BCUT2D eigenvalue weighted by atomic mass is 10.0. The molecule has 0 aliphatic carbocycles. The van der Waals surface area contributed by atoms with Crippen LogP contribution in [0.15, 0.2) is 54.9 Å². The van der Waals surface area contributed by atoms with Crippen molar-refractivity contribution in [2.45, 2.75) is 25.3 Å². The van der Waals surface area contributed by atoms with E-state index in [-0.39, 0.29) is 11.8 Å². The molecule has 0 radical (unpaired) electrons. The summed E-state index contributed by atoms with van der Waals surface area (Å²) in [6.07, 6.45) is 6.05. The lowest BCUT2D eigenvalue weighted by Gasteiger charge is -2.42. The first-order valence-corrected chi connectivity index (χ1v) is 10.5. The number of benzene rings is 1. The standard InChI is InChI=1S/C23H28N4O2/c28-22-18-27(16-15-25(22)12-8-19-5-2-1-3-6-19)21-9-13-26(14-10-21)23(29)20-7-4-11-24-17-20/h1-7,11,17,21H,8-10,12-16,18H2. The van der Waals surface area contributed by atoms with Crippen LogP contribution < -0.4 is 0 Å². The smallest absolute Gasteiger partial charge is 0.255 e. The number of pyridine rings is 1. The van der Waals surface area contributed by atoms with E-state index in [0.29, 0.717) is 18.2 Å². The maximum Gasteiger partial charge on any atom is 0.255 e. The molecule has 2 aromatic rings. The van der Waals surface area contributed by atoms with Gasteiger partial charge in [0, 0.05) is 51.2 Å². The molecule has 1 aromatic carbocycles. The fraction of sp³-hybridized carbons (Fsp3) is 0.435. The van der Waals surface area contributed by atoms with Crippen molar-refractivity contribution in [3.8, 4) is 0 Å². The maximum atomic E-state index is 12.6. The molecule has 152 valence electrons. The first-order valence-electron chi connectivity index (χ1n) is 10.5. The van der Waals surface area contributed by atoms with Gasteiger partial charge in [-0.05, 0) is 37.0 Å². The number of hydrogen-bond donors (Lipinski definition) is 0. The summed E-state index contributed by atoms with van der Waals surface area (Å²) in [5.74, 6) is 0.277. The molecule has 0 atom stereocenters. The predicted octanol–water partition coefficient (Wildman–Crippen LogP) is 2.07. The third kappa shape index (κ3) is 4.82. The summed E-state index contributed by atoms with van der Waals surface area (Å²) in [5.41, 5.74) is 1.92. The summed E-state index contributed by atoms with van der Waals surface area (Å²) in [6, 6.07) is 14.3. The molecule has 0 unspecified atom stereocenters. The van der Waals surface area contributed by atoms with Crippen molar-refractivity contribution < 1.29 is 9.59 Å². The van der Waals surface area contributed by atoms with E-state index in [1.807, 2.05) is 34.1 Å². The van der Waals surface area contributed by atoms with Crippen molar-refractivity contribution in [2.24, 2.45) is 0 Å². The topological polar surface area (TPSA) is 56.8 Å². The number of carbonyl (C=O) groups is 2. The quantitative estimate of drug-likeness (QED) is 0.782. The molecule has 0 spiro atoms. The number of piperidine rings is 1. The monoisotopic (exact) mass is 392 g/mol. The normalized spacial score (nSPS) is 18.8. The van der Waals surface area contributed by atoms with Crippen molar-refractivity contribution in [2.75, 3.05) is 39.3 Å². The second-order valence-electron chi connectivity index (χ2n) is 7.85. The van der Waals surface area contributed by atoms with Crippen LogP contribution in [0, 0.1) is 0 Å². The molecule has 2 fully saturated rings. The summed E-state index contributed by atoms with van der Waals surface area (Å²) >= 11 is 0. The first-order chi connectivity index (χ1) is 14.2. The number of carbonyl (C=O) groups excluding carboxylic acids is 2. The van der Waals surface area contributed by atoms with Gasteiger partial charge in [0.15, 0.2) is 0 Å². The van der Waals surface area contributed by atoms with E-state index < -0.39 is 0 Å². The zero-order chi connectivity index (χ0) is 20.1. The minimum Gasteiger partial charge on any atom is -0.340 e. The second kappa shape index (κ2) is 9.18. The minimum atomic E-state index is 0.0540. The van der Waals surface area contributed by atoms with Gasteiger partial charge >= 0.3 is 0 Å². The Kier molecular flexibility index (Phi) is 6.20. The molecule has 1 aromatic heterocycles. The Morgan fingerprint density at radius 3 is 2.48 bits per heavy atom. The van der Waals surface area contributed by atoms with Crippen LogP contribution in [0.1, 0.15) is 28.8 Å². The number of likely N-dealkylation sites (tertiary alicyclic amines) is 1. The average Bonchev–Trinajstić information content (AvgIpc) is 2.79. The van der Waals surface area contributed by atoms with E-state index in [1.54, 1.807) is 18.5 Å². The number of nitrogens with zero attached hydrogens (tertiary/aromatic N) is 4. The van der Waals surface area contributed by atoms with Gasteiger partial charge in [-0.3, -0.25) is 19.5 Å². The molecule has 3 heterocycles. The molecule has 0 bridgehead atoms. The van der Waals surface area contributed by atoms with Gasteiger partial charge in [-0.25, -0.2) is 0 Å². The number of rotatable bonds is 5. The van der Waals surface area contributed by atoms with E-state index in [1.165, 1.54) is 5.56 Å². The lowest BCUT2D eigenvalue weighted by Crippen LogP contribution is -2.56. The molecule has 6 heteroatoms. The van der Waals surface area contributed by atoms with Crippen LogP contribution in [0.25, 0.3) is 0 Å². The minimum absolute atomic E-state index is 0.0540. The molecule has 0 saturated carbocycles. The lowest BCUT2D eigenvalue weighted by molar-refractivity contribution is -0.137. The predicted molar refractivity (Wildman–Crippen MR) is 111 cm³/mol. The third-order valence-electron chi connectivity index (χ3n) is 6.04. The number of hydrogen-bond acceptors (Lipinski definition) is 4. The Balaban J connectivity index is 1.24. The molecular weight excluding hydrogens is 364 g/mol. The van der Waals surface area contributed by atoms with Crippen molar-refractivity contribution in [3.05, 3.63) is 66.0 Å². The van der Waals surface area contributed by atoms with Crippen LogP contribution in [-0.2, 0) is 11.2 Å². The Hall–Kier alpha value is -2.73. The summed E-state index contributed by atoms with van der Waals surface area (Å²) in [7, 11) is 0. The summed E-state index contributed by atoms with van der Waals surface area (Å²) in [4.78, 5) is 35.5. The Bertz CT molecular complexity index is 819. The number of piperazine rings is 1. The van der Waals surface area contributed by atoms with Crippen LogP contribution in [0.5, 0.6) is 0 Å². The van der Waals surface area contributed by atoms with Gasteiger partial charge < -0.3 is 9.80 Å². The largest absolute Gasteiger partial charge is 0.340 e. The molecule has 6 nitrogen and oxygen atoms in total. The molecule has 0 N–H and O–H groups in total.